The molecule has 1 aromatic rings. The Kier molecular flexibility index (Phi) is 7.95. The molecule has 1 atom stereocenters. The fourth-order valence-corrected chi connectivity index (χ4v) is 2.84. The van der Waals surface area contributed by atoms with Crippen LogP contribution < -0.4 is 0 Å². The first-order valence-electron chi connectivity index (χ1n) is 7.22. The van der Waals surface area contributed by atoms with Crippen LogP contribution in [0.15, 0.2) is 30.3 Å². The third-order valence-corrected chi connectivity index (χ3v) is 3.93. The minimum Gasteiger partial charge on any atom is -0.466 e. The van der Waals surface area contributed by atoms with Crippen molar-refractivity contribution < 1.29 is 33.4 Å². The molecule has 7 nitrogen and oxygen atoms in total. The summed E-state index contributed by atoms with van der Waals surface area (Å²) in [5.74, 6) is -2.28. The van der Waals surface area contributed by atoms with E-state index in [0.29, 0.717) is 0 Å². The van der Waals surface area contributed by atoms with Crippen molar-refractivity contribution in [3.05, 3.63) is 35.9 Å². The van der Waals surface area contributed by atoms with E-state index in [4.69, 9.17) is 19.3 Å². The van der Waals surface area contributed by atoms with Crippen LogP contribution in [-0.4, -0.2) is 34.5 Å². The fraction of sp³-hybridized carbons (Fsp3) is 0.467. The molecular weight excluding hydrogens is 323 g/mol. The van der Waals surface area contributed by atoms with Gasteiger partial charge in [-0.1, -0.05) is 30.3 Å². The number of hydrogen-bond donors (Lipinski definition) is 2. The van der Waals surface area contributed by atoms with E-state index in [2.05, 4.69) is 0 Å². The largest absolute Gasteiger partial charge is 0.466 e. The SMILES string of the molecule is CCOC(=O)C(CCC(=O)OCc1ccccc1)CP(=O)(O)O. The average molecular weight is 344 g/mol. The van der Waals surface area contributed by atoms with E-state index in [0.717, 1.165) is 5.56 Å². The van der Waals surface area contributed by atoms with Crippen LogP contribution in [0, 0.1) is 5.92 Å². The molecule has 1 aromatic carbocycles. The van der Waals surface area contributed by atoms with Gasteiger partial charge in [-0.3, -0.25) is 14.2 Å². The van der Waals surface area contributed by atoms with Gasteiger partial charge in [0.1, 0.15) is 6.61 Å². The van der Waals surface area contributed by atoms with Gasteiger partial charge >= 0.3 is 19.5 Å². The van der Waals surface area contributed by atoms with E-state index >= 15 is 0 Å². The number of carbonyl (C=O) groups is 2. The summed E-state index contributed by atoms with van der Waals surface area (Å²) in [6.07, 6.45) is -0.786. The average Bonchev–Trinajstić information content (AvgIpc) is 2.49. The summed E-state index contributed by atoms with van der Waals surface area (Å²) >= 11 is 0. The molecule has 0 aliphatic carbocycles. The Morgan fingerprint density at radius 3 is 2.39 bits per heavy atom. The lowest BCUT2D eigenvalue weighted by molar-refractivity contribution is -0.149. The molecule has 0 aliphatic heterocycles. The predicted octanol–water partition coefficient (Wildman–Crippen LogP) is 1.87. The lowest BCUT2D eigenvalue weighted by Crippen LogP contribution is -2.23. The van der Waals surface area contributed by atoms with Crippen molar-refractivity contribution in [2.24, 2.45) is 5.92 Å². The highest BCUT2D eigenvalue weighted by Gasteiger charge is 2.29. The van der Waals surface area contributed by atoms with Crippen molar-refractivity contribution in [3.63, 3.8) is 0 Å². The summed E-state index contributed by atoms with van der Waals surface area (Å²) in [5.41, 5.74) is 0.831. The summed E-state index contributed by atoms with van der Waals surface area (Å²) in [5, 5.41) is 0. The van der Waals surface area contributed by atoms with Crippen LogP contribution in [0.3, 0.4) is 0 Å². The Balaban J connectivity index is 2.47. The highest BCUT2D eigenvalue weighted by Crippen LogP contribution is 2.38. The first kappa shape index (κ1) is 19.4. The summed E-state index contributed by atoms with van der Waals surface area (Å²) < 4.78 is 20.9. The zero-order chi connectivity index (χ0) is 17.3. The minimum atomic E-state index is -4.38. The lowest BCUT2D eigenvalue weighted by atomic mass is 10.1. The second-order valence-electron chi connectivity index (χ2n) is 4.98. The Morgan fingerprint density at radius 1 is 1.17 bits per heavy atom. The van der Waals surface area contributed by atoms with Gasteiger partial charge in [-0.2, -0.15) is 0 Å². The Bertz CT molecular complexity index is 552. The van der Waals surface area contributed by atoms with Gasteiger partial charge in [0.05, 0.1) is 18.7 Å². The molecule has 128 valence electrons. The van der Waals surface area contributed by atoms with E-state index in [1.807, 2.05) is 30.3 Å². The maximum Gasteiger partial charge on any atom is 0.326 e. The van der Waals surface area contributed by atoms with Crippen molar-refractivity contribution in [2.75, 3.05) is 12.8 Å². The third-order valence-electron chi connectivity index (χ3n) is 3.02. The summed E-state index contributed by atoms with van der Waals surface area (Å²) in [6, 6.07) is 9.10. The Labute approximate surface area is 134 Å². The first-order chi connectivity index (χ1) is 10.8. The van der Waals surface area contributed by atoms with Crippen molar-refractivity contribution in [1.82, 2.24) is 0 Å². The first-order valence-corrected chi connectivity index (χ1v) is 9.02. The van der Waals surface area contributed by atoms with Gasteiger partial charge in [0.25, 0.3) is 0 Å². The van der Waals surface area contributed by atoms with Crippen LogP contribution >= 0.6 is 7.60 Å². The zero-order valence-corrected chi connectivity index (χ0v) is 13.8. The molecule has 23 heavy (non-hydrogen) atoms. The van der Waals surface area contributed by atoms with Crippen LogP contribution in [-0.2, 0) is 30.2 Å². The van der Waals surface area contributed by atoms with Gasteiger partial charge in [0.2, 0.25) is 0 Å². The van der Waals surface area contributed by atoms with Gasteiger partial charge < -0.3 is 19.3 Å². The standard InChI is InChI=1S/C15H21O7P/c1-2-21-15(17)13(11-23(18,19)20)8-9-14(16)22-10-12-6-4-3-5-7-12/h3-7,13H,2,8-11H2,1H3,(H2,18,19,20). The monoisotopic (exact) mass is 344 g/mol. The Morgan fingerprint density at radius 2 is 1.83 bits per heavy atom. The maximum atomic E-state index is 11.7. The molecule has 2 N–H and O–H groups in total. The molecule has 0 spiro atoms. The van der Waals surface area contributed by atoms with Crippen molar-refractivity contribution in [1.29, 1.82) is 0 Å². The molecule has 1 unspecified atom stereocenters. The van der Waals surface area contributed by atoms with Gasteiger partial charge in [0, 0.05) is 6.42 Å². The number of carbonyl (C=O) groups excluding carboxylic acids is 2. The van der Waals surface area contributed by atoms with Gasteiger partial charge in [0.15, 0.2) is 0 Å². The number of ether oxygens (including phenoxy) is 2. The molecule has 0 heterocycles. The summed E-state index contributed by atoms with van der Waals surface area (Å²) in [6.45, 7) is 1.82. The number of esters is 2. The quantitative estimate of drug-likeness (QED) is 0.520. The van der Waals surface area contributed by atoms with Crippen LogP contribution in [0.1, 0.15) is 25.3 Å². The van der Waals surface area contributed by atoms with E-state index in [-0.39, 0.29) is 26.1 Å². The third kappa shape index (κ3) is 8.50. The predicted molar refractivity (Wildman–Crippen MR) is 82.5 cm³/mol. The van der Waals surface area contributed by atoms with Crippen molar-refractivity contribution >= 4 is 19.5 Å². The van der Waals surface area contributed by atoms with E-state index in [1.54, 1.807) is 6.92 Å². The summed E-state index contributed by atoms with van der Waals surface area (Å²) in [4.78, 5) is 41.4. The number of hydrogen-bond acceptors (Lipinski definition) is 5. The zero-order valence-electron chi connectivity index (χ0n) is 12.9. The molecule has 0 aliphatic rings. The van der Waals surface area contributed by atoms with E-state index in [9.17, 15) is 14.2 Å². The van der Waals surface area contributed by atoms with Gasteiger partial charge in [-0.05, 0) is 18.9 Å². The molecule has 0 saturated heterocycles. The molecule has 0 bridgehead atoms. The fourth-order valence-electron chi connectivity index (χ4n) is 1.93. The minimum absolute atomic E-state index is 0.0302. The number of rotatable bonds is 9. The molecule has 0 aromatic heterocycles. The second-order valence-corrected chi connectivity index (χ2v) is 6.68. The molecule has 0 amide bonds. The van der Waals surface area contributed by atoms with Gasteiger partial charge in [-0.25, -0.2) is 0 Å². The number of benzene rings is 1. The molecule has 0 fully saturated rings. The molecule has 0 saturated carbocycles. The molecular formula is C15H21O7P. The van der Waals surface area contributed by atoms with Crippen LogP contribution in [0.5, 0.6) is 0 Å². The van der Waals surface area contributed by atoms with Crippen LogP contribution in [0.25, 0.3) is 0 Å². The second kappa shape index (κ2) is 9.45. The molecule has 1 rings (SSSR count). The van der Waals surface area contributed by atoms with Gasteiger partial charge in [-0.15, -0.1) is 0 Å². The topological polar surface area (TPSA) is 110 Å². The molecule has 0 radical (unpaired) electrons. The van der Waals surface area contributed by atoms with Crippen molar-refractivity contribution in [3.8, 4) is 0 Å². The summed E-state index contributed by atoms with van der Waals surface area (Å²) in [7, 11) is -4.38. The molecule has 8 heteroatoms. The normalized spacial score (nSPS) is 12.5. The maximum absolute atomic E-state index is 11.7. The lowest BCUT2D eigenvalue weighted by Gasteiger charge is -2.15. The highest BCUT2D eigenvalue weighted by atomic mass is 31.2. The van der Waals surface area contributed by atoms with Crippen molar-refractivity contribution in [2.45, 2.75) is 26.4 Å². The van der Waals surface area contributed by atoms with Crippen LogP contribution in [0.4, 0.5) is 0 Å². The van der Waals surface area contributed by atoms with Crippen LogP contribution in [0.2, 0.25) is 0 Å². The highest BCUT2D eigenvalue weighted by molar-refractivity contribution is 7.51. The van der Waals surface area contributed by atoms with E-state index in [1.165, 1.54) is 0 Å². The Hall–Kier alpha value is -1.69. The smallest absolute Gasteiger partial charge is 0.326 e. The van der Waals surface area contributed by atoms with E-state index < -0.39 is 31.6 Å².